The average Bonchev–Trinajstić information content (AvgIpc) is 3.16. The molecule has 22 heavy (non-hydrogen) atoms. The molecule has 5 nitrogen and oxygen atoms in total. The summed E-state index contributed by atoms with van der Waals surface area (Å²) in [7, 11) is -3.50. The van der Waals surface area contributed by atoms with Crippen molar-refractivity contribution in [3.63, 3.8) is 0 Å². The van der Waals surface area contributed by atoms with E-state index in [1.165, 1.54) is 4.31 Å². The molecule has 118 valence electrons. The van der Waals surface area contributed by atoms with Crippen molar-refractivity contribution in [3.8, 4) is 0 Å². The highest BCUT2D eigenvalue weighted by atomic mass is 32.2. The molecule has 1 fully saturated rings. The molecule has 1 aliphatic heterocycles. The maximum atomic E-state index is 12.9. The molecule has 0 radical (unpaired) electrons. The van der Waals surface area contributed by atoms with Crippen LogP contribution < -0.4 is 0 Å². The Morgan fingerprint density at radius 3 is 2.68 bits per heavy atom. The number of rotatable bonds is 4. The summed E-state index contributed by atoms with van der Waals surface area (Å²) in [6, 6.07) is 8.59. The van der Waals surface area contributed by atoms with Gasteiger partial charge in [-0.15, -0.1) is 0 Å². The maximum absolute atomic E-state index is 12.9. The summed E-state index contributed by atoms with van der Waals surface area (Å²) in [5.74, 6) is 0.644. The van der Waals surface area contributed by atoms with Crippen molar-refractivity contribution in [2.24, 2.45) is 0 Å². The molecule has 2 heterocycles. The van der Waals surface area contributed by atoms with Crippen LogP contribution in [0.2, 0.25) is 0 Å². The lowest BCUT2D eigenvalue weighted by atomic mass is 10.1. The van der Waals surface area contributed by atoms with Crippen molar-refractivity contribution >= 4 is 10.0 Å². The lowest BCUT2D eigenvalue weighted by Gasteiger charge is -2.22. The molecule has 3 rings (SSSR count). The third kappa shape index (κ3) is 2.68. The summed E-state index contributed by atoms with van der Waals surface area (Å²) in [4.78, 5) is 0.334. The Hall–Kier alpha value is -1.66. The summed E-state index contributed by atoms with van der Waals surface area (Å²) in [5, 5.41) is 3.98. The SMILES string of the molecule is CCc1cc([C@H]2CCCN2S(=O)(=O)c2ccc(C)cc2)on1. The van der Waals surface area contributed by atoms with Crippen LogP contribution in [-0.2, 0) is 16.4 Å². The van der Waals surface area contributed by atoms with Crippen molar-refractivity contribution in [2.45, 2.75) is 44.0 Å². The van der Waals surface area contributed by atoms with E-state index < -0.39 is 10.0 Å². The molecule has 6 heteroatoms. The Morgan fingerprint density at radius 1 is 1.32 bits per heavy atom. The first-order valence-corrected chi connectivity index (χ1v) is 9.00. The number of hydrogen-bond donors (Lipinski definition) is 0. The zero-order valence-corrected chi connectivity index (χ0v) is 13.6. The highest BCUT2D eigenvalue weighted by molar-refractivity contribution is 7.89. The standard InChI is InChI=1S/C16H20N2O3S/c1-3-13-11-16(21-17-13)15-5-4-10-18(15)22(19,20)14-8-6-12(2)7-9-14/h6-9,11,15H,3-5,10H2,1-2H3/t15-/m1/s1. The molecule has 0 spiro atoms. The van der Waals surface area contributed by atoms with E-state index in [9.17, 15) is 8.42 Å². The van der Waals surface area contributed by atoms with Gasteiger partial charge in [-0.3, -0.25) is 0 Å². The van der Waals surface area contributed by atoms with Crippen molar-refractivity contribution in [3.05, 3.63) is 47.3 Å². The molecule has 1 aromatic carbocycles. The predicted octanol–water partition coefficient (Wildman–Crippen LogP) is 3.07. The number of benzene rings is 1. The number of hydrogen-bond acceptors (Lipinski definition) is 4. The van der Waals surface area contributed by atoms with Gasteiger partial charge in [-0.2, -0.15) is 4.31 Å². The van der Waals surface area contributed by atoms with Crippen LogP contribution in [0.3, 0.4) is 0 Å². The lowest BCUT2D eigenvalue weighted by molar-refractivity contribution is 0.296. The molecule has 1 saturated heterocycles. The van der Waals surface area contributed by atoms with E-state index in [4.69, 9.17) is 4.52 Å². The Balaban J connectivity index is 1.93. The van der Waals surface area contributed by atoms with Crippen LogP contribution in [0.15, 0.2) is 39.8 Å². The number of nitrogens with zero attached hydrogens (tertiary/aromatic N) is 2. The van der Waals surface area contributed by atoms with Crippen LogP contribution in [0.25, 0.3) is 0 Å². The summed E-state index contributed by atoms with van der Waals surface area (Å²) >= 11 is 0. The maximum Gasteiger partial charge on any atom is 0.243 e. The third-order valence-electron chi connectivity index (χ3n) is 4.10. The smallest absolute Gasteiger partial charge is 0.243 e. The summed E-state index contributed by atoms with van der Waals surface area (Å²) in [6.45, 7) is 4.45. The Bertz CT molecular complexity index is 750. The molecular weight excluding hydrogens is 300 g/mol. The monoisotopic (exact) mass is 320 g/mol. The molecule has 0 aliphatic carbocycles. The third-order valence-corrected chi connectivity index (χ3v) is 6.02. The normalized spacial score (nSPS) is 19.6. The number of aryl methyl sites for hydroxylation is 2. The van der Waals surface area contributed by atoms with Gasteiger partial charge in [-0.25, -0.2) is 8.42 Å². The molecule has 1 aliphatic rings. The minimum atomic E-state index is -3.50. The highest BCUT2D eigenvalue weighted by Gasteiger charge is 2.38. The quantitative estimate of drug-likeness (QED) is 0.868. The molecule has 0 saturated carbocycles. The van der Waals surface area contributed by atoms with Crippen molar-refractivity contribution in [1.82, 2.24) is 9.46 Å². The van der Waals surface area contributed by atoms with Crippen LogP contribution >= 0.6 is 0 Å². The Labute approximate surface area is 131 Å². The zero-order chi connectivity index (χ0) is 15.7. The van der Waals surface area contributed by atoms with Gasteiger partial charge in [0.1, 0.15) is 0 Å². The van der Waals surface area contributed by atoms with Crippen LogP contribution in [0, 0.1) is 6.92 Å². The lowest BCUT2D eigenvalue weighted by Crippen LogP contribution is -2.30. The first-order valence-electron chi connectivity index (χ1n) is 7.56. The van der Waals surface area contributed by atoms with Gasteiger partial charge in [0.25, 0.3) is 0 Å². The van der Waals surface area contributed by atoms with Gasteiger partial charge < -0.3 is 4.52 Å². The van der Waals surface area contributed by atoms with Gasteiger partial charge in [-0.05, 0) is 38.3 Å². The molecule has 0 amide bonds. The average molecular weight is 320 g/mol. The minimum absolute atomic E-state index is 0.251. The molecule has 1 atom stereocenters. The van der Waals surface area contributed by atoms with Gasteiger partial charge in [-0.1, -0.05) is 29.8 Å². The first-order chi connectivity index (χ1) is 10.5. The largest absolute Gasteiger partial charge is 0.359 e. The molecule has 0 N–H and O–H groups in total. The van der Waals surface area contributed by atoms with Gasteiger partial charge in [0, 0.05) is 12.6 Å². The second-order valence-corrected chi connectivity index (χ2v) is 7.55. The van der Waals surface area contributed by atoms with E-state index in [-0.39, 0.29) is 6.04 Å². The summed E-state index contributed by atoms with van der Waals surface area (Å²) in [6.07, 6.45) is 2.38. The van der Waals surface area contributed by atoms with Gasteiger partial charge in [0.15, 0.2) is 5.76 Å². The van der Waals surface area contributed by atoms with Crippen molar-refractivity contribution in [2.75, 3.05) is 6.54 Å². The van der Waals surface area contributed by atoms with E-state index in [1.807, 2.05) is 32.0 Å². The molecular formula is C16H20N2O3S. The number of aromatic nitrogens is 1. The predicted molar refractivity (Wildman–Crippen MR) is 82.9 cm³/mol. The molecule has 1 aromatic heterocycles. The second-order valence-electron chi connectivity index (χ2n) is 5.66. The van der Waals surface area contributed by atoms with Crippen LogP contribution in [-0.4, -0.2) is 24.4 Å². The molecule has 2 aromatic rings. The van der Waals surface area contributed by atoms with E-state index in [0.29, 0.717) is 17.2 Å². The van der Waals surface area contributed by atoms with Crippen LogP contribution in [0.1, 0.15) is 42.8 Å². The summed E-state index contributed by atoms with van der Waals surface area (Å²) < 4.78 is 32.6. The molecule has 0 unspecified atom stereocenters. The van der Waals surface area contributed by atoms with Gasteiger partial charge in [0.2, 0.25) is 10.0 Å². The van der Waals surface area contributed by atoms with E-state index >= 15 is 0 Å². The topological polar surface area (TPSA) is 63.4 Å². The van der Waals surface area contributed by atoms with E-state index in [0.717, 1.165) is 30.5 Å². The van der Waals surface area contributed by atoms with Crippen LogP contribution in [0.5, 0.6) is 0 Å². The fourth-order valence-electron chi connectivity index (χ4n) is 2.81. The first kappa shape index (κ1) is 15.2. The number of sulfonamides is 1. The fraction of sp³-hybridized carbons (Fsp3) is 0.438. The fourth-order valence-corrected chi connectivity index (χ4v) is 4.47. The van der Waals surface area contributed by atoms with E-state index in [2.05, 4.69) is 5.16 Å². The molecule has 0 bridgehead atoms. The minimum Gasteiger partial charge on any atom is -0.359 e. The second kappa shape index (κ2) is 5.85. The summed E-state index contributed by atoms with van der Waals surface area (Å²) in [5.41, 5.74) is 1.90. The zero-order valence-electron chi connectivity index (χ0n) is 12.8. The Morgan fingerprint density at radius 2 is 2.05 bits per heavy atom. The highest BCUT2D eigenvalue weighted by Crippen LogP contribution is 2.36. The van der Waals surface area contributed by atoms with Crippen molar-refractivity contribution < 1.29 is 12.9 Å². The van der Waals surface area contributed by atoms with Crippen LogP contribution in [0.4, 0.5) is 0 Å². The van der Waals surface area contributed by atoms with Gasteiger partial charge >= 0.3 is 0 Å². The Kier molecular flexibility index (Phi) is 4.06. The van der Waals surface area contributed by atoms with E-state index in [1.54, 1.807) is 12.1 Å². The van der Waals surface area contributed by atoms with Crippen molar-refractivity contribution in [1.29, 1.82) is 0 Å². The van der Waals surface area contributed by atoms with Gasteiger partial charge in [0.05, 0.1) is 16.6 Å².